The first-order valence-corrected chi connectivity index (χ1v) is 8.61. The maximum absolute atomic E-state index is 12.2. The normalized spacial score (nSPS) is 16.3. The molecule has 0 aromatic heterocycles. The molecule has 0 bridgehead atoms. The molecule has 2 N–H and O–H groups in total. The molecule has 1 saturated heterocycles. The van der Waals surface area contributed by atoms with Gasteiger partial charge < -0.3 is 10.6 Å². The third-order valence-corrected chi connectivity index (χ3v) is 4.97. The number of carbonyl (C=O) groups excluding carboxylic acids is 1. The number of nitrogens with two attached hydrogens (primary N) is 1. The summed E-state index contributed by atoms with van der Waals surface area (Å²) in [6, 6.07) is 8.82. The molecule has 1 fully saturated rings. The van der Waals surface area contributed by atoms with E-state index in [0.717, 1.165) is 30.8 Å². The zero-order valence-electron chi connectivity index (χ0n) is 13.7. The fraction of sp³-hybridized carbons (Fsp3) is 0.588. The van der Waals surface area contributed by atoms with Gasteiger partial charge >= 0.3 is 0 Å². The standard InChI is InChI=1S/C17H26N2OS.ClH/c1-17(2,3)13-4-6-15(7-5-13)21-12-16(20)19-10-8-14(18)9-11-19;/h4-7,14H,8-12,18H2,1-3H3;1H. The van der Waals surface area contributed by atoms with Crippen LogP contribution in [-0.2, 0) is 10.2 Å². The number of hydrogen-bond acceptors (Lipinski definition) is 3. The van der Waals surface area contributed by atoms with Crippen LogP contribution in [0.25, 0.3) is 0 Å². The second-order valence-corrected chi connectivity index (χ2v) is 7.83. The summed E-state index contributed by atoms with van der Waals surface area (Å²) in [5, 5.41) is 0. The van der Waals surface area contributed by atoms with Gasteiger partial charge in [0.25, 0.3) is 0 Å². The third-order valence-electron chi connectivity index (χ3n) is 3.97. The van der Waals surface area contributed by atoms with Crippen LogP contribution in [0.4, 0.5) is 0 Å². The van der Waals surface area contributed by atoms with E-state index in [-0.39, 0.29) is 29.8 Å². The molecule has 124 valence electrons. The van der Waals surface area contributed by atoms with Crippen molar-refractivity contribution in [3.05, 3.63) is 29.8 Å². The Morgan fingerprint density at radius 2 is 1.77 bits per heavy atom. The molecule has 1 aliphatic rings. The highest BCUT2D eigenvalue weighted by molar-refractivity contribution is 8.00. The van der Waals surface area contributed by atoms with Gasteiger partial charge in [-0.15, -0.1) is 24.2 Å². The number of benzene rings is 1. The van der Waals surface area contributed by atoms with Crippen molar-refractivity contribution in [1.29, 1.82) is 0 Å². The predicted octanol–water partition coefficient (Wildman–Crippen LogP) is 3.45. The Bertz CT molecular complexity index is 476. The van der Waals surface area contributed by atoms with E-state index in [1.54, 1.807) is 11.8 Å². The molecule has 0 radical (unpaired) electrons. The van der Waals surface area contributed by atoms with E-state index in [9.17, 15) is 4.79 Å². The average Bonchev–Trinajstić information content (AvgIpc) is 2.45. The molecule has 1 aliphatic heterocycles. The number of halogens is 1. The number of carbonyl (C=O) groups is 1. The van der Waals surface area contributed by atoms with Crippen molar-refractivity contribution in [2.45, 2.75) is 50.0 Å². The number of hydrogen-bond donors (Lipinski definition) is 1. The van der Waals surface area contributed by atoms with Crippen LogP contribution in [0, 0.1) is 0 Å². The first-order chi connectivity index (χ1) is 9.86. The van der Waals surface area contributed by atoms with Crippen molar-refractivity contribution in [2.75, 3.05) is 18.8 Å². The highest BCUT2D eigenvalue weighted by atomic mass is 35.5. The van der Waals surface area contributed by atoms with Crippen LogP contribution in [0.15, 0.2) is 29.2 Å². The van der Waals surface area contributed by atoms with Gasteiger partial charge in [0.05, 0.1) is 5.75 Å². The van der Waals surface area contributed by atoms with Crippen LogP contribution < -0.4 is 5.73 Å². The lowest BCUT2D eigenvalue weighted by Gasteiger charge is -2.30. The molecular weight excluding hydrogens is 316 g/mol. The molecule has 0 spiro atoms. The second kappa shape index (κ2) is 8.23. The summed E-state index contributed by atoms with van der Waals surface area (Å²) in [6.07, 6.45) is 1.85. The SMILES string of the molecule is CC(C)(C)c1ccc(SCC(=O)N2CCC(N)CC2)cc1.Cl. The van der Waals surface area contributed by atoms with E-state index in [1.807, 2.05) is 4.90 Å². The molecule has 2 rings (SSSR count). The topological polar surface area (TPSA) is 46.3 Å². The zero-order valence-corrected chi connectivity index (χ0v) is 15.3. The van der Waals surface area contributed by atoms with Gasteiger partial charge in [0.1, 0.15) is 0 Å². The Morgan fingerprint density at radius 1 is 1.23 bits per heavy atom. The lowest BCUT2D eigenvalue weighted by molar-refractivity contribution is -0.129. The predicted molar refractivity (Wildman–Crippen MR) is 96.9 cm³/mol. The van der Waals surface area contributed by atoms with Crippen molar-refractivity contribution in [2.24, 2.45) is 5.73 Å². The van der Waals surface area contributed by atoms with Gasteiger partial charge in [-0.05, 0) is 36.0 Å². The van der Waals surface area contributed by atoms with Gasteiger partial charge in [-0.3, -0.25) is 4.79 Å². The van der Waals surface area contributed by atoms with E-state index in [2.05, 4.69) is 45.0 Å². The Balaban J connectivity index is 0.00000242. The molecule has 1 aromatic carbocycles. The van der Waals surface area contributed by atoms with Crippen LogP contribution in [0.1, 0.15) is 39.2 Å². The van der Waals surface area contributed by atoms with E-state index in [4.69, 9.17) is 5.73 Å². The van der Waals surface area contributed by atoms with E-state index in [1.165, 1.54) is 5.56 Å². The molecule has 0 unspecified atom stereocenters. The molecule has 0 atom stereocenters. The summed E-state index contributed by atoms with van der Waals surface area (Å²) < 4.78 is 0. The van der Waals surface area contributed by atoms with Crippen molar-refractivity contribution in [3.8, 4) is 0 Å². The lowest BCUT2D eigenvalue weighted by atomic mass is 9.87. The third kappa shape index (κ3) is 5.49. The summed E-state index contributed by atoms with van der Waals surface area (Å²) >= 11 is 1.62. The van der Waals surface area contributed by atoms with Crippen LogP contribution in [0.5, 0.6) is 0 Å². The number of nitrogens with zero attached hydrogens (tertiary/aromatic N) is 1. The Kier molecular flexibility index (Phi) is 7.23. The molecule has 0 saturated carbocycles. The summed E-state index contributed by atoms with van der Waals surface area (Å²) in [4.78, 5) is 15.3. The van der Waals surface area contributed by atoms with E-state index in [0.29, 0.717) is 5.75 Å². The van der Waals surface area contributed by atoms with Gasteiger partial charge in [0, 0.05) is 24.0 Å². The highest BCUT2D eigenvalue weighted by Crippen LogP contribution is 2.26. The lowest BCUT2D eigenvalue weighted by Crippen LogP contribution is -2.43. The molecule has 5 heteroatoms. The van der Waals surface area contributed by atoms with Crippen LogP contribution >= 0.6 is 24.2 Å². The molecular formula is C17H27ClN2OS. The Labute approximate surface area is 144 Å². The van der Waals surface area contributed by atoms with Gasteiger partial charge in [-0.25, -0.2) is 0 Å². The first-order valence-electron chi connectivity index (χ1n) is 7.63. The molecule has 1 amide bonds. The smallest absolute Gasteiger partial charge is 0.232 e. The second-order valence-electron chi connectivity index (χ2n) is 6.78. The number of likely N-dealkylation sites (tertiary alicyclic amines) is 1. The fourth-order valence-electron chi connectivity index (χ4n) is 2.44. The van der Waals surface area contributed by atoms with Crippen LogP contribution in [-0.4, -0.2) is 35.7 Å². The van der Waals surface area contributed by atoms with Crippen molar-refractivity contribution >= 4 is 30.1 Å². The number of amides is 1. The average molecular weight is 343 g/mol. The molecule has 1 heterocycles. The van der Waals surface area contributed by atoms with Crippen molar-refractivity contribution in [3.63, 3.8) is 0 Å². The van der Waals surface area contributed by atoms with Gasteiger partial charge in [0.2, 0.25) is 5.91 Å². The minimum atomic E-state index is 0. The quantitative estimate of drug-likeness (QED) is 0.856. The van der Waals surface area contributed by atoms with Crippen molar-refractivity contribution in [1.82, 2.24) is 4.90 Å². The summed E-state index contributed by atoms with van der Waals surface area (Å²) in [5.41, 5.74) is 7.36. The fourth-order valence-corrected chi connectivity index (χ4v) is 3.24. The summed E-state index contributed by atoms with van der Waals surface area (Å²) in [6.45, 7) is 8.24. The molecule has 22 heavy (non-hydrogen) atoms. The van der Waals surface area contributed by atoms with Gasteiger partial charge in [-0.1, -0.05) is 32.9 Å². The minimum Gasteiger partial charge on any atom is -0.342 e. The Morgan fingerprint density at radius 3 is 2.27 bits per heavy atom. The zero-order chi connectivity index (χ0) is 15.5. The molecule has 3 nitrogen and oxygen atoms in total. The van der Waals surface area contributed by atoms with Crippen LogP contribution in [0.3, 0.4) is 0 Å². The maximum atomic E-state index is 12.2. The minimum absolute atomic E-state index is 0. The maximum Gasteiger partial charge on any atom is 0.232 e. The largest absolute Gasteiger partial charge is 0.342 e. The molecule has 1 aromatic rings. The van der Waals surface area contributed by atoms with Gasteiger partial charge in [0.15, 0.2) is 0 Å². The number of rotatable bonds is 3. The van der Waals surface area contributed by atoms with E-state index >= 15 is 0 Å². The van der Waals surface area contributed by atoms with E-state index < -0.39 is 0 Å². The van der Waals surface area contributed by atoms with Gasteiger partial charge in [-0.2, -0.15) is 0 Å². The number of thioether (sulfide) groups is 1. The van der Waals surface area contributed by atoms with Crippen molar-refractivity contribution < 1.29 is 4.79 Å². The molecule has 0 aliphatic carbocycles. The first kappa shape index (κ1) is 19.3. The summed E-state index contributed by atoms with van der Waals surface area (Å²) in [5.74, 6) is 0.746. The number of piperidine rings is 1. The highest BCUT2D eigenvalue weighted by Gasteiger charge is 2.20. The summed E-state index contributed by atoms with van der Waals surface area (Å²) in [7, 11) is 0. The monoisotopic (exact) mass is 342 g/mol. The van der Waals surface area contributed by atoms with Crippen LogP contribution in [0.2, 0.25) is 0 Å². The Hall–Kier alpha value is -0.710.